The van der Waals surface area contributed by atoms with Gasteiger partial charge >= 0.3 is 0 Å². The van der Waals surface area contributed by atoms with E-state index in [1.807, 2.05) is 31.3 Å². The molecule has 1 aromatic carbocycles. The summed E-state index contributed by atoms with van der Waals surface area (Å²) in [5, 5.41) is 14.5. The van der Waals surface area contributed by atoms with Crippen molar-refractivity contribution in [3.8, 4) is 23.0 Å². The van der Waals surface area contributed by atoms with Crippen LogP contribution in [0.4, 0.5) is 0 Å². The number of amides is 1. The van der Waals surface area contributed by atoms with Crippen molar-refractivity contribution in [3.05, 3.63) is 70.3 Å². The monoisotopic (exact) mass is 388 g/mol. The quantitative estimate of drug-likeness (QED) is 0.686. The van der Waals surface area contributed by atoms with E-state index in [9.17, 15) is 9.59 Å². The van der Waals surface area contributed by atoms with Crippen LogP contribution in [-0.2, 0) is 6.42 Å². The third-order valence-corrected chi connectivity index (χ3v) is 4.93. The topological polar surface area (TPSA) is 107 Å². The fourth-order valence-corrected chi connectivity index (χ4v) is 3.33. The molecule has 3 aromatic rings. The smallest absolute Gasteiger partial charge is 0.272 e. The van der Waals surface area contributed by atoms with Crippen LogP contribution >= 0.6 is 0 Å². The number of aromatic amines is 1. The lowest BCUT2D eigenvalue weighted by molar-refractivity contribution is 0.0857. The SMILES string of the molecule is CN1CC(NC(=O)c2ccc(-n3cc(-c4ccc(CC#N)cc4)c(=O)[nH]3)nc2)C1. The molecule has 0 spiro atoms. The van der Waals surface area contributed by atoms with Gasteiger partial charge in [-0.05, 0) is 30.3 Å². The normalized spacial score (nSPS) is 14.2. The standard InChI is InChI=1S/C21H20N6O2/c1-26-11-17(12-26)24-20(28)16-6-7-19(23-10-16)27-13-18(21(29)25-27)15-4-2-14(3-5-15)8-9-22/h2-7,10,13,17H,8,11-12H2,1H3,(H,24,28)(H,25,29). The Morgan fingerprint density at radius 1 is 1.28 bits per heavy atom. The van der Waals surface area contributed by atoms with Gasteiger partial charge in [-0.1, -0.05) is 24.3 Å². The van der Waals surface area contributed by atoms with Crippen LogP contribution in [0.3, 0.4) is 0 Å². The van der Waals surface area contributed by atoms with Gasteiger partial charge in [0.25, 0.3) is 11.5 Å². The lowest BCUT2D eigenvalue weighted by Gasteiger charge is -2.36. The van der Waals surface area contributed by atoms with Crippen LogP contribution in [0.1, 0.15) is 15.9 Å². The van der Waals surface area contributed by atoms with E-state index in [2.05, 4.69) is 26.4 Å². The first-order valence-electron chi connectivity index (χ1n) is 9.27. The Morgan fingerprint density at radius 2 is 2.03 bits per heavy atom. The van der Waals surface area contributed by atoms with Crippen LogP contribution in [0.15, 0.2) is 53.6 Å². The Bertz CT molecular complexity index is 1120. The molecule has 0 atom stereocenters. The number of carbonyl (C=O) groups is 1. The van der Waals surface area contributed by atoms with Gasteiger partial charge in [0.15, 0.2) is 5.82 Å². The Hall–Kier alpha value is -3.70. The zero-order valence-corrected chi connectivity index (χ0v) is 15.9. The molecule has 2 aromatic heterocycles. The molecule has 3 heterocycles. The van der Waals surface area contributed by atoms with Gasteiger partial charge in [-0.15, -0.1) is 0 Å². The summed E-state index contributed by atoms with van der Waals surface area (Å²) >= 11 is 0. The molecule has 1 saturated heterocycles. The van der Waals surface area contributed by atoms with Gasteiger partial charge in [0.1, 0.15) is 0 Å². The van der Waals surface area contributed by atoms with E-state index in [-0.39, 0.29) is 17.5 Å². The molecule has 8 nitrogen and oxygen atoms in total. The second kappa shape index (κ2) is 7.73. The number of benzene rings is 1. The van der Waals surface area contributed by atoms with E-state index < -0.39 is 0 Å². The van der Waals surface area contributed by atoms with Crippen LogP contribution in [0.5, 0.6) is 0 Å². The molecule has 1 amide bonds. The minimum Gasteiger partial charge on any atom is -0.347 e. The number of likely N-dealkylation sites (tertiary alicyclic amines) is 1. The lowest BCUT2D eigenvalue weighted by Crippen LogP contribution is -2.57. The number of likely N-dealkylation sites (N-methyl/N-ethyl adjacent to an activating group) is 1. The fraction of sp³-hybridized carbons (Fsp3) is 0.238. The zero-order valence-electron chi connectivity index (χ0n) is 15.9. The first kappa shape index (κ1) is 18.7. The minimum atomic E-state index is -0.240. The van der Waals surface area contributed by atoms with Crippen molar-refractivity contribution in [2.75, 3.05) is 20.1 Å². The molecule has 0 saturated carbocycles. The molecule has 1 fully saturated rings. The van der Waals surface area contributed by atoms with E-state index in [1.54, 1.807) is 18.3 Å². The summed E-state index contributed by atoms with van der Waals surface area (Å²) in [5.41, 5.74) is 2.40. The van der Waals surface area contributed by atoms with Gasteiger partial charge < -0.3 is 10.2 Å². The molecule has 8 heteroatoms. The highest BCUT2D eigenvalue weighted by Gasteiger charge is 2.25. The number of carbonyl (C=O) groups excluding carboxylic acids is 1. The predicted octanol–water partition coefficient (Wildman–Crippen LogP) is 1.34. The molecule has 0 unspecified atom stereocenters. The second-order valence-corrected chi connectivity index (χ2v) is 7.18. The predicted molar refractivity (Wildman–Crippen MR) is 108 cm³/mol. The van der Waals surface area contributed by atoms with Gasteiger partial charge in [-0.2, -0.15) is 5.26 Å². The third kappa shape index (κ3) is 3.95. The summed E-state index contributed by atoms with van der Waals surface area (Å²) in [6, 6.07) is 13.0. The van der Waals surface area contributed by atoms with Crippen LogP contribution < -0.4 is 10.9 Å². The summed E-state index contributed by atoms with van der Waals surface area (Å²) < 4.78 is 1.53. The van der Waals surface area contributed by atoms with Crippen molar-refractivity contribution in [1.29, 1.82) is 5.26 Å². The third-order valence-electron chi connectivity index (χ3n) is 4.93. The molecule has 0 bridgehead atoms. The summed E-state index contributed by atoms with van der Waals surface area (Å²) in [4.78, 5) is 31.1. The first-order valence-corrected chi connectivity index (χ1v) is 9.27. The average Bonchev–Trinajstić information content (AvgIpc) is 3.09. The molecule has 1 aliphatic heterocycles. The summed E-state index contributed by atoms with van der Waals surface area (Å²) in [6.45, 7) is 1.70. The van der Waals surface area contributed by atoms with Crippen molar-refractivity contribution < 1.29 is 4.79 Å². The Morgan fingerprint density at radius 3 is 2.66 bits per heavy atom. The largest absolute Gasteiger partial charge is 0.347 e. The van der Waals surface area contributed by atoms with Gasteiger partial charge in [-0.25, -0.2) is 9.67 Å². The van der Waals surface area contributed by atoms with Crippen molar-refractivity contribution in [2.45, 2.75) is 12.5 Å². The molecule has 2 N–H and O–H groups in total. The van der Waals surface area contributed by atoms with Crippen molar-refractivity contribution in [1.82, 2.24) is 25.0 Å². The van der Waals surface area contributed by atoms with Crippen LogP contribution in [0.2, 0.25) is 0 Å². The Kier molecular flexibility index (Phi) is 4.97. The van der Waals surface area contributed by atoms with E-state index >= 15 is 0 Å². The number of aromatic nitrogens is 3. The maximum absolute atomic E-state index is 12.4. The molecule has 0 radical (unpaired) electrons. The number of rotatable bonds is 5. The molecule has 4 rings (SSSR count). The van der Waals surface area contributed by atoms with Crippen molar-refractivity contribution >= 4 is 5.91 Å². The number of hydrogen-bond acceptors (Lipinski definition) is 5. The van der Waals surface area contributed by atoms with E-state index in [4.69, 9.17) is 5.26 Å². The fourth-order valence-electron chi connectivity index (χ4n) is 3.33. The van der Waals surface area contributed by atoms with E-state index in [0.717, 1.165) is 24.2 Å². The van der Waals surface area contributed by atoms with E-state index in [0.29, 0.717) is 23.4 Å². The number of nitriles is 1. The van der Waals surface area contributed by atoms with Crippen LogP contribution in [0, 0.1) is 11.3 Å². The van der Waals surface area contributed by atoms with Crippen LogP contribution in [0.25, 0.3) is 16.9 Å². The Balaban J connectivity index is 1.50. The summed E-state index contributed by atoms with van der Waals surface area (Å²) in [5.74, 6) is 0.357. The zero-order chi connectivity index (χ0) is 20.4. The lowest BCUT2D eigenvalue weighted by atomic mass is 10.1. The highest BCUT2D eigenvalue weighted by molar-refractivity contribution is 5.94. The number of nitrogens with zero attached hydrogens (tertiary/aromatic N) is 4. The summed E-state index contributed by atoms with van der Waals surface area (Å²) in [6.07, 6.45) is 3.51. The number of pyridine rings is 1. The molecule has 1 aliphatic rings. The number of hydrogen-bond donors (Lipinski definition) is 2. The average molecular weight is 388 g/mol. The van der Waals surface area contributed by atoms with Crippen molar-refractivity contribution in [2.24, 2.45) is 0 Å². The van der Waals surface area contributed by atoms with Crippen molar-refractivity contribution in [3.63, 3.8) is 0 Å². The molecular formula is C21H20N6O2. The molecule has 146 valence electrons. The highest BCUT2D eigenvalue weighted by atomic mass is 16.2. The maximum atomic E-state index is 12.4. The minimum absolute atomic E-state index is 0.152. The van der Waals surface area contributed by atoms with Gasteiger partial charge in [-0.3, -0.25) is 14.7 Å². The number of nitrogens with one attached hydrogen (secondary N) is 2. The van der Waals surface area contributed by atoms with Gasteiger partial charge in [0.05, 0.1) is 29.7 Å². The molecular weight excluding hydrogens is 368 g/mol. The maximum Gasteiger partial charge on any atom is 0.272 e. The van der Waals surface area contributed by atoms with Gasteiger partial charge in [0.2, 0.25) is 0 Å². The summed E-state index contributed by atoms with van der Waals surface area (Å²) in [7, 11) is 2.01. The van der Waals surface area contributed by atoms with Crippen LogP contribution in [-0.4, -0.2) is 51.8 Å². The number of H-pyrrole nitrogens is 1. The first-order chi connectivity index (χ1) is 14.0. The second-order valence-electron chi connectivity index (χ2n) is 7.18. The Labute approximate surface area is 167 Å². The molecule has 29 heavy (non-hydrogen) atoms. The molecule has 0 aliphatic carbocycles. The van der Waals surface area contributed by atoms with E-state index in [1.165, 1.54) is 10.9 Å². The van der Waals surface area contributed by atoms with Gasteiger partial charge in [0, 0.05) is 25.5 Å². The highest BCUT2D eigenvalue weighted by Crippen LogP contribution is 2.17.